The quantitative estimate of drug-likeness (QED) is 0.576. The lowest BCUT2D eigenvalue weighted by Crippen LogP contribution is -2.27. The molecule has 2 aromatic rings. The minimum absolute atomic E-state index is 0.0809. The van der Waals surface area contributed by atoms with Gasteiger partial charge in [0.15, 0.2) is 0 Å². The predicted octanol–water partition coefficient (Wildman–Crippen LogP) is 4.73. The molecule has 1 aliphatic rings. The van der Waals surface area contributed by atoms with Crippen molar-refractivity contribution in [2.24, 2.45) is 5.92 Å². The lowest BCUT2D eigenvalue weighted by atomic mass is 10.0. The van der Waals surface area contributed by atoms with Crippen LogP contribution in [-0.2, 0) is 9.59 Å². The van der Waals surface area contributed by atoms with Crippen LogP contribution >= 0.6 is 11.6 Å². The van der Waals surface area contributed by atoms with Gasteiger partial charge in [0.1, 0.15) is 5.75 Å². The van der Waals surface area contributed by atoms with Crippen molar-refractivity contribution in [2.75, 3.05) is 11.4 Å². The van der Waals surface area contributed by atoms with Gasteiger partial charge in [-0.1, -0.05) is 37.6 Å². The van der Waals surface area contributed by atoms with Crippen molar-refractivity contribution in [1.29, 1.82) is 0 Å². The summed E-state index contributed by atoms with van der Waals surface area (Å²) in [6.07, 6.45) is 0.157. The molecule has 0 unspecified atom stereocenters. The second kappa shape index (κ2) is 7.50. The first kappa shape index (κ1) is 18.5. The van der Waals surface area contributed by atoms with Gasteiger partial charge in [0, 0.05) is 23.7 Å². The molecule has 26 heavy (non-hydrogen) atoms. The monoisotopic (exact) mass is 371 g/mol. The molecule has 2 aromatic carbocycles. The molecule has 0 aliphatic carbocycles. The molecule has 0 bridgehead atoms. The number of halogens is 1. The molecule has 1 saturated heterocycles. The average Bonchev–Trinajstić information content (AvgIpc) is 2.97. The number of hydrogen-bond acceptors (Lipinski definition) is 3. The van der Waals surface area contributed by atoms with E-state index in [1.54, 1.807) is 29.2 Å². The fourth-order valence-corrected chi connectivity index (χ4v) is 3.26. The van der Waals surface area contributed by atoms with Gasteiger partial charge >= 0.3 is 5.97 Å². The summed E-state index contributed by atoms with van der Waals surface area (Å²) in [5, 5.41) is 0.608. The molecule has 0 saturated carbocycles. The van der Waals surface area contributed by atoms with Gasteiger partial charge in [-0.25, -0.2) is 0 Å². The zero-order valence-corrected chi connectivity index (χ0v) is 15.9. The van der Waals surface area contributed by atoms with Crippen LogP contribution in [0.25, 0.3) is 0 Å². The number of amides is 1. The Bertz CT molecular complexity index is 830. The van der Waals surface area contributed by atoms with Crippen LogP contribution in [0.1, 0.15) is 37.3 Å². The number of ether oxygens (including phenoxy) is 1. The number of esters is 1. The Hall–Kier alpha value is -2.33. The maximum absolute atomic E-state index is 12.7. The molecule has 1 amide bonds. The molecule has 0 radical (unpaired) electrons. The molecule has 1 aliphatic heterocycles. The zero-order chi connectivity index (χ0) is 18.8. The minimum Gasteiger partial charge on any atom is -0.426 e. The first-order valence-electron chi connectivity index (χ1n) is 8.73. The summed E-state index contributed by atoms with van der Waals surface area (Å²) in [6, 6.07) is 12.9. The van der Waals surface area contributed by atoms with E-state index in [0.717, 1.165) is 16.8 Å². The van der Waals surface area contributed by atoms with Gasteiger partial charge in [0.05, 0.1) is 5.92 Å². The third kappa shape index (κ3) is 3.91. The Morgan fingerprint density at radius 2 is 1.88 bits per heavy atom. The molecule has 0 spiro atoms. The molecule has 136 valence electrons. The summed E-state index contributed by atoms with van der Waals surface area (Å²) in [5.41, 5.74) is 2.76. The molecule has 4 nitrogen and oxygen atoms in total. The number of rotatable bonds is 4. The number of aryl methyl sites for hydroxylation is 1. The highest BCUT2D eigenvalue weighted by Gasteiger charge is 2.36. The lowest BCUT2D eigenvalue weighted by molar-refractivity contribution is -0.139. The van der Waals surface area contributed by atoms with Gasteiger partial charge in [0.2, 0.25) is 5.91 Å². The van der Waals surface area contributed by atoms with E-state index in [4.69, 9.17) is 16.3 Å². The molecular formula is C21H22ClNO3. The van der Waals surface area contributed by atoms with E-state index in [1.807, 2.05) is 25.1 Å². The highest BCUT2D eigenvalue weighted by atomic mass is 35.5. The number of carbonyl (C=O) groups is 2. The highest BCUT2D eigenvalue weighted by Crippen LogP contribution is 2.31. The second-order valence-corrected chi connectivity index (χ2v) is 7.44. The van der Waals surface area contributed by atoms with Gasteiger partial charge in [-0.3, -0.25) is 9.59 Å². The van der Waals surface area contributed by atoms with Gasteiger partial charge in [-0.2, -0.15) is 0 Å². The van der Waals surface area contributed by atoms with Crippen molar-refractivity contribution >= 4 is 29.2 Å². The number of hydrogen-bond donors (Lipinski definition) is 0. The first-order chi connectivity index (χ1) is 12.3. The Morgan fingerprint density at radius 3 is 2.54 bits per heavy atom. The van der Waals surface area contributed by atoms with Gasteiger partial charge in [-0.15, -0.1) is 0 Å². The summed E-state index contributed by atoms with van der Waals surface area (Å²) in [4.78, 5) is 26.6. The summed E-state index contributed by atoms with van der Waals surface area (Å²) >= 11 is 5.90. The fourth-order valence-electron chi connectivity index (χ4n) is 3.13. The Labute approximate surface area is 158 Å². The lowest BCUT2D eigenvalue weighted by Gasteiger charge is -2.17. The molecule has 0 aromatic heterocycles. The topological polar surface area (TPSA) is 46.6 Å². The molecule has 0 N–H and O–H groups in total. The molecule has 1 atom stereocenters. The van der Waals surface area contributed by atoms with Crippen molar-refractivity contribution in [1.82, 2.24) is 0 Å². The summed E-state index contributed by atoms with van der Waals surface area (Å²) in [5.74, 6) is -0.0832. The molecule has 1 heterocycles. The van der Waals surface area contributed by atoms with Crippen molar-refractivity contribution in [2.45, 2.75) is 33.1 Å². The van der Waals surface area contributed by atoms with Crippen LogP contribution in [0.4, 0.5) is 5.69 Å². The smallest absolute Gasteiger partial charge is 0.316 e. The van der Waals surface area contributed by atoms with Crippen LogP contribution in [0, 0.1) is 12.8 Å². The number of nitrogens with zero attached hydrogens (tertiary/aromatic N) is 1. The van der Waals surface area contributed by atoms with Crippen LogP contribution in [0.3, 0.4) is 0 Å². The number of anilines is 1. The molecular weight excluding hydrogens is 350 g/mol. The highest BCUT2D eigenvalue weighted by molar-refractivity contribution is 6.30. The number of benzene rings is 2. The van der Waals surface area contributed by atoms with Gasteiger partial charge in [-0.05, 0) is 54.3 Å². The van der Waals surface area contributed by atoms with E-state index in [-0.39, 0.29) is 24.2 Å². The second-order valence-electron chi connectivity index (χ2n) is 7.00. The van der Waals surface area contributed by atoms with Gasteiger partial charge < -0.3 is 9.64 Å². The van der Waals surface area contributed by atoms with E-state index in [1.165, 1.54) is 0 Å². The third-order valence-corrected chi connectivity index (χ3v) is 4.85. The van der Waals surface area contributed by atoms with E-state index in [0.29, 0.717) is 17.3 Å². The Morgan fingerprint density at radius 1 is 1.19 bits per heavy atom. The van der Waals surface area contributed by atoms with Crippen LogP contribution in [0.5, 0.6) is 5.75 Å². The van der Waals surface area contributed by atoms with Crippen LogP contribution in [0.2, 0.25) is 5.02 Å². The maximum Gasteiger partial charge on any atom is 0.316 e. The zero-order valence-electron chi connectivity index (χ0n) is 15.2. The van der Waals surface area contributed by atoms with E-state index in [9.17, 15) is 9.59 Å². The van der Waals surface area contributed by atoms with Crippen LogP contribution in [0.15, 0.2) is 42.5 Å². The van der Waals surface area contributed by atoms with E-state index >= 15 is 0 Å². The van der Waals surface area contributed by atoms with E-state index < -0.39 is 5.92 Å². The summed E-state index contributed by atoms with van der Waals surface area (Å²) in [6.45, 7) is 6.40. The van der Waals surface area contributed by atoms with Crippen LogP contribution in [-0.4, -0.2) is 18.4 Å². The number of carbonyl (C=O) groups excluding carboxylic acids is 2. The average molecular weight is 372 g/mol. The van der Waals surface area contributed by atoms with Crippen molar-refractivity contribution < 1.29 is 14.3 Å². The standard InChI is InChI=1S/C21H22ClNO3/c1-13(2)18-9-4-14(3)10-19(18)26-21(25)15-11-20(24)23(12-15)17-7-5-16(22)6-8-17/h4-10,13,15H,11-12H2,1-3H3/t15-/m0/s1. The Kier molecular flexibility index (Phi) is 5.33. The van der Waals surface area contributed by atoms with Crippen molar-refractivity contribution in [3.8, 4) is 5.75 Å². The summed E-state index contributed by atoms with van der Waals surface area (Å²) < 4.78 is 5.68. The van der Waals surface area contributed by atoms with Gasteiger partial charge in [0.25, 0.3) is 0 Å². The SMILES string of the molecule is Cc1ccc(C(C)C)c(OC(=O)[C@H]2CC(=O)N(c3ccc(Cl)cc3)C2)c1. The first-order valence-corrected chi connectivity index (χ1v) is 9.11. The third-order valence-electron chi connectivity index (χ3n) is 4.60. The molecule has 5 heteroatoms. The van der Waals surface area contributed by atoms with Crippen molar-refractivity contribution in [3.63, 3.8) is 0 Å². The molecule has 3 rings (SSSR count). The predicted molar refractivity (Wildman–Crippen MR) is 103 cm³/mol. The largest absolute Gasteiger partial charge is 0.426 e. The summed E-state index contributed by atoms with van der Waals surface area (Å²) in [7, 11) is 0. The normalized spacial score (nSPS) is 17.0. The minimum atomic E-state index is -0.473. The molecule has 1 fully saturated rings. The maximum atomic E-state index is 12.7. The van der Waals surface area contributed by atoms with Crippen molar-refractivity contribution in [3.05, 3.63) is 58.6 Å². The fraction of sp³-hybridized carbons (Fsp3) is 0.333. The Balaban J connectivity index is 1.75. The van der Waals surface area contributed by atoms with Crippen LogP contribution < -0.4 is 9.64 Å². The van der Waals surface area contributed by atoms with E-state index in [2.05, 4.69) is 13.8 Å².